The van der Waals surface area contributed by atoms with E-state index in [0.29, 0.717) is 0 Å². The standard InChI is InChI=1S/C17H18N2O6/c1-5-11(20)10-7-6-8-12(15(10)16(21)24-4)25-17-18-13(22-2)9-14(19-17)23-3/h6-9H,5H2,1-4H3. The fourth-order valence-electron chi connectivity index (χ4n) is 2.09. The summed E-state index contributed by atoms with van der Waals surface area (Å²) < 4.78 is 20.5. The molecule has 1 heterocycles. The number of esters is 1. The molecular weight excluding hydrogens is 328 g/mol. The topological polar surface area (TPSA) is 96.8 Å². The number of Topliss-reactive ketones (excluding diaryl/α,β-unsaturated/α-hetero) is 1. The van der Waals surface area contributed by atoms with E-state index >= 15 is 0 Å². The molecular formula is C17H18N2O6. The lowest BCUT2D eigenvalue weighted by atomic mass is 10.0. The summed E-state index contributed by atoms with van der Waals surface area (Å²) in [5.41, 5.74) is 0.226. The Balaban J connectivity index is 2.52. The molecule has 0 amide bonds. The molecule has 1 aromatic heterocycles. The molecule has 0 aliphatic rings. The van der Waals surface area contributed by atoms with E-state index in [1.165, 1.54) is 39.5 Å². The Morgan fingerprint density at radius 1 is 1.04 bits per heavy atom. The number of methoxy groups -OCH3 is 3. The van der Waals surface area contributed by atoms with Gasteiger partial charge >= 0.3 is 12.0 Å². The first kappa shape index (κ1) is 18.2. The minimum atomic E-state index is -0.692. The third-order valence-corrected chi connectivity index (χ3v) is 3.32. The van der Waals surface area contributed by atoms with Crippen LogP contribution >= 0.6 is 0 Å². The highest BCUT2D eigenvalue weighted by Gasteiger charge is 2.23. The van der Waals surface area contributed by atoms with Crippen LogP contribution in [0.25, 0.3) is 0 Å². The van der Waals surface area contributed by atoms with E-state index in [1.807, 2.05) is 0 Å². The maximum Gasteiger partial charge on any atom is 0.342 e. The smallest absolute Gasteiger partial charge is 0.342 e. The number of hydrogen-bond acceptors (Lipinski definition) is 8. The van der Waals surface area contributed by atoms with Crippen molar-refractivity contribution in [3.05, 3.63) is 35.4 Å². The first-order valence-electron chi connectivity index (χ1n) is 7.43. The van der Waals surface area contributed by atoms with Gasteiger partial charge in [0.2, 0.25) is 11.8 Å². The number of carbonyl (C=O) groups is 2. The maximum atomic E-state index is 12.2. The van der Waals surface area contributed by atoms with Crippen molar-refractivity contribution in [2.75, 3.05) is 21.3 Å². The van der Waals surface area contributed by atoms with Crippen LogP contribution in [0.15, 0.2) is 24.3 Å². The van der Waals surface area contributed by atoms with Gasteiger partial charge in [0.25, 0.3) is 0 Å². The van der Waals surface area contributed by atoms with Crippen molar-refractivity contribution >= 4 is 11.8 Å². The summed E-state index contributed by atoms with van der Waals surface area (Å²) in [5.74, 6) is -0.358. The number of ether oxygens (including phenoxy) is 4. The van der Waals surface area contributed by atoms with Crippen LogP contribution in [-0.4, -0.2) is 43.0 Å². The number of aromatic nitrogens is 2. The van der Waals surface area contributed by atoms with Crippen LogP contribution < -0.4 is 14.2 Å². The average Bonchev–Trinajstić information content (AvgIpc) is 2.66. The highest BCUT2D eigenvalue weighted by Crippen LogP contribution is 2.29. The largest absolute Gasteiger partial charge is 0.481 e. The molecule has 0 unspecified atom stereocenters. The van der Waals surface area contributed by atoms with Gasteiger partial charge in [-0.3, -0.25) is 4.79 Å². The molecule has 2 aromatic rings. The quantitative estimate of drug-likeness (QED) is 0.557. The molecule has 0 saturated carbocycles. The predicted molar refractivity (Wildman–Crippen MR) is 87.6 cm³/mol. The van der Waals surface area contributed by atoms with Crippen molar-refractivity contribution in [3.8, 4) is 23.5 Å². The van der Waals surface area contributed by atoms with Gasteiger partial charge in [0, 0.05) is 12.0 Å². The van der Waals surface area contributed by atoms with Crippen molar-refractivity contribution < 1.29 is 28.5 Å². The summed E-state index contributed by atoms with van der Waals surface area (Å²) >= 11 is 0. The molecule has 2 rings (SSSR count). The molecule has 8 nitrogen and oxygen atoms in total. The summed E-state index contributed by atoms with van der Waals surface area (Å²) in [7, 11) is 4.10. The molecule has 1 aromatic carbocycles. The van der Waals surface area contributed by atoms with Crippen LogP contribution in [0.5, 0.6) is 23.5 Å². The normalized spacial score (nSPS) is 10.1. The lowest BCUT2D eigenvalue weighted by Crippen LogP contribution is -2.12. The molecule has 0 radical (unpaired) electrons. The molecule has 132 valence electrons. The van der Waals surface area contributed by atoms with Crippen molar-refractivity contribution in [2.45, 2.75) is 13.3 Å². The van der Waals surface area contributed by atoms with Crippen LogP contribution in [0.1, 0.15) is 34.1 Å². The average molecular weight is 346 g/mol. The van der Waals surface area contributed by atoms with Crippen molar-refractivity contribution in [2.24, 2.45) is 0 Å². The Labute approximate surface area is 144 Å². The van der Waals surface area contributed by atoms with Gasteiger partial charge in [-0.2, -0.15) is 9.97 Å². The predicted octanol–water partition coefficient (Wildman–Crippen LogP) is 2.67. The Morgan fingerprint density at radius 2 is 1.68 bits per heavy atom. The first-order chi connectivity index (χ1) is 12.0. The monoisotopic (exact) mass is 346 g/mol. The number of hydrogen-bond donors (Lipinski definition) is 0. The molecule has 0 fully saturated rings. The number of ketones is 1. The van der Waals surface area contributed by atoms with Crippen LogP contribution in [0.4, 0.5) is 0 Å². The fourth-order valence-corrected chi connectivity index (χ4v) is 2.09. The Hall–Kier alpha value is -3.16. The van der Waals surface area contributed by atoms with E-state index < -0.39 is 5.97 Å². The van der Waals surface area contributed by atoms with E-state index in [0.717, 1.165) is 0 Å². The molecule has 0 spiro atoms. The Morgan fingerprint density at radius 3 is 2.20 bits per heavy atom. The lowest BCUT2D eigenvalue weighted by molar-refractivity contribution is 0.0594. The molecule has 8 heteroatoms. The summed E-state index contributed by atoms with van der Waals surface area (Å²) in [6, 6.07) is 6.04. The van der Waals surface area contributed by atoms with Gasteiger partial charge in [-0.25, -0.2) is 4.79 Å². The third kappa shape index (κ3) is 4.03. The Kier molecular flexibility index (Phi) is 5.89. The number of rotatable bonds is 7. The minimum absolute atomic E-state index is 0.0160. The van der Waals surface area contributed by atoms with Crippen LogP contribution in [0.3, 0.4) is 0 Å². The van der Waals surface area contributed by atoms with Gasteiger partial charge in [-0.05, 0) is 6.07 Å². The molecule has 0 bridgehead atoms. The SMILES string of the molecule is CCC(=O)c1cccc(Oc2nc(OC)cc(OC)n2)c1C(=O)OC. The third-order valence-electron chi connectivity index (χ3n) is 3.32. The number of carbonyl (C=O) groups excluding carboxylic acids is 2. The molecule has 25 heavy (non-hydrogen) atoms. The molecule has 0 N–H and O–H groups in total. The number of benzene rings is 1. The molecule has 0 atom stereocenters. The summed E-state index contributed by atoms with van der Waals surface area (Å²) in [4.78, 5) is 32.4. The van der Waals surface area contributed by atoms with Crippen molar-refractivity contribution in [1.82, 2.24) is 9.97 Å². The zero-order valence-electron chi connectivity index (χ0n) is 14.4. The van der Waals surface area contributed by atoms with E-state index in [2.05, 4.69) is 9.97 Å². The molecule has 0 saturated heterocycles. The first-order valence-corrected chi connectivity index (χ1v) is 7.43. The highest BCUT2D eigenvalue weighted by atomic mass is 16.5. The minimum Gasteiger partial charge on any atom is -0.481 e. The van der Waals surface area contributed by atoms with E-state index in [-0.39, 0.29) is 46.9 Å². The van der Waals surface area contributed by atoms with E-state index in [1.54, 1.807) is 13.0 Å². The van der Waals surface area contributed by atoms with Crippen molar-refractivity contribution in [3.63, 3.8) is 0 Å². The summed E-state index contributed by atoms with van der Waals surface area (Å²) in [5, 5.41) is 0. The second kappa shape index (κ2) is 8.09. The van der Waals surface area contributed by atoms with Gasteiger partial charge in [-0.15, -0.1) is 0 Å². The highest BCUT2D eigenvalue weighted by molar-refractivity contribution is 6.07. The van der Waals surface area contributed by atoms with Crippen LogP contribution in [0.2, 0.25) is 0 Å². The lowest BCUT2D eigenvalue weighted by Gasteiger charge is -2.13. The second-order valence-electron chi connectivity index (χ2n) is 4.78. The van der Waals surface area contributed by atoms with Crippen LogP contribution in [-0.2, 0) is 4.74 Å². The van der Waals surface area contributed by atoms with Gasteiger partial charge in [0.15, 0.2) is 5.78 Å². The summed E-state index contributed by atoms with van der Waals surface area (Å²) in [6.45, 7) is 1.70. The van der Waals surface area contributed by atoms with Crippen molar-refractivity contribution in [1.29, 1.82) is 0 Å². The fraction of sp³-hybridized carbons (Fsp3) is 0.294. The zero-order valence-corrected chi connectivity index (χ0v) is 14.4. The molecule has 0 aliphatic carbocycles. The van der Waals surface area contributed by atoms with Gasteiger partial charge in [-0.1, -0.05) is 19.1 Å². The number of nitrogens with zero attached hydrogens (tertiary/aromatic N) is 2. The van der Waals surface area contributed by atoms with E-state index in [9.17, 15) is 9.59 Å². The van der Waals surface area contributed by atoms with Gasteiger partial charge in [0.1, 0.15) is 11.3 Å². The second-order valence-corrected chi connectivity index (χ2v) is 4.78. The van der Waals surface area contributed by atoms with Gasteiger partial charge in [0.05, 0.1) is 27.4 Å². The van der Waals surface area contributed by atoms with Gasteiger partial charge < -0.3 is 18.9 Å². The van der Waals surface area contributed by atoms with E-state index in [4.69, 9.17) is 18.9 Å². The van der Waals surface area contributed by atoms with Crippen LogP contribution in [0, 0.1) is 0 Å². The maximum absolute atomic E-state index is 12.2. The summed E-state index contributed by atoms with van der Waals surface area (Å²) in [6.07, 6.45) is 0.233. The Bertz CT molecular complexity index is 768. The zero-order chi connectivity index (χ0) is 18.4. The molecule has 0 aliphatic heterocycles.